The lowest BCUT2D eigenvalue weighted by Gasteiger charge is -2.17. The van der Waals surface area contributed by atoms with Crippen LogP contribution in [-0.2, 0) is 6.54 Å². The average molecular weight is 325 g/mol. The minimum absolute atomic E-state index is 0.175. The van der Waals surface area contributed by atoms with Crippen LogP contribution in [-0.4, -0.2) is 35.3 Å². The molecule has 0 fully saturated rings. The van der Waals surface area contributed by atoms with Gasteiger partial charge in [-0.2, -0.15) is 0 Å². The van der Waals surface area contributed by atoms with Gasteiger partial charge in [-0.25, -0.2) is 0 Å². The van der Waals surface area contributed by atoms with Crippen molar-refractivity contribution in [2.24, 2.45) is 0 Å². The average Bonchev–Trinajstić information content (AvgIpc) is 2.62. The molecule has 0 bridgehead atoms. The van der Waals surface area contributed by atoms with Crippen LogP contribution in [0.4, 0.5) is 0 Å². The molecule has 1 aromatic heterocycles. The molecule has 1 N–H and O–H groups in total. The third-order valence-electron chi connectivity index (χ3n) is 3.67. The van der Waals surface area contributed by atoms with E-state index in [4.69, 9.17) is 0 Å². The number of nitrogens with zero attached hydrogens (tertiary/aromatic N) is 2. The third-order valence-corrected chi connectivity index (χ3v) is 3.67. The highest BCUT2D eigenvalue weighted by molar-refractivity contribution is 5.98. The van der Waals surface area contributed by atoms with E-state index in [-0.39, 0.29) is 17.5 Å². The summed E-state index contributed by atoms with van der Waals surface area (Å²) in [5.41, 5.74) is 1.77. The van der Waals surface area contributed by atoms with Crippen LogP contribution in [0, 0.1) is 0 Å². The smallest absolute Gasteiger partial charge is 0.272 e. The number of carbonyl (C=O) groups is 2. The van der Waals surface area contributed by atoms with E-state index in [1.54, 1.807) is 24.1 Å². The molecule has 2 amide bonds. The normalized spacial score (nSPS) is 10.2. The summed E-state index contributed by atoms with van der Waals surface area (Å²) < 4.78 is 0. The van der Waals surface area contributed by atoms with Crippen LogP contribution in [0.5, 0.6) is 0 Å². The zero-order chi connectivity index (χ0) is 17.4. The van der Waals surface area contributed by atoms with Gasteiger partial charge in [0.15, 0.2) is 0 Å². The summed E-state index contributed by atoms with van der Waals surface area (Å²) in [6, 6.07) is 12.9. The molecule has 0 aliphatic carbocycles. The summed E-state index contributed by atoms with van der Waals surface area (Å²) in [4.78, 5) is 30.3. The maximum atomic E-state index is 12.5. The molecule has 0 atom stereocenters. The Kier molecular flexibility index (Phi) is 6.49. The lowest BCUT2D eigenvalue weighted by molar-refractivity contribution is 0.0779. The standard InChI is InChI=1S/C19H23N3O2/c1-3-4-11-21-18(23)16-10-12-20-17(13-16)19(24)22(2)14-15-8-6-5-7-9-15/h5-10,12-13H,3-4,11,14H2,1-2H3,(H,21,23). The predicted molar refractivity (Wildman–Crippen MR) is 93.7 cm³/mol. The molecule has 2 aromatic rings. The van der Waals surface area contributed by atoms with Gasteiger partial charge < -0.3 is 10.2 Å². The number of pyridine rings is 1. The number of hydrogen-bond acceptors (Lipinski definition) is 3. The first-order chi connectivity index (χ1) is 11.6. The number of benzene rings is 1. The van der Waals surface area contributed by atoms with Gasteiger partial charge in [-0.1, -0.05) is 43.7 Å². The molecule has 1 heterocycles. The Morgan fingerprint density at radius 1 is 1.17 bits per heavy atom. The van der Waals surface area contributed by atoms with Crippen molar-refractivity contribution in [2.75, 3.05) is 13.6 Å². The minimum atomic E-state index is -0.206. The van der Waals surface area contributed by atoms with E-state index >= 15 is 0 Å². The Balaban J connectivity index is 2.04. The Hall–Kier alpha value is -2.69. The van der Waals surface area contributed by atoms with Gasteiger partial charge in [0.25, 0.3) is 11.8 Å². The van der Waals surface area contributed by atoms with Gasteiger partial charge >= 0.3 is 0 Å². The van der Waals surface area contributed by atoms with Crippen LogP contribution in [0.2, 0.25) is 0 Å². The van der Waals surface area contributed by atoms with Crippen LogP contribution < -0.4 is 5.32 Å². The SMILES string of the molecule is CCCCNC(=O)c1ccnc(C(=O)N(C)Cc2ccccc2)c1. The fourth-order valence-corrected chi connectivity index (χ4v) is 2.29. The molecule has 126 valence electrons. The summed E-state index contributed by atoms with van der Waals surface area (Å²) in [5.74, 6) is -0.382. The van der Waals surface area contributed by atoms with Crippen molar-refractivity contribution >= 4 is 11.8 Å². The molecule has 5 nitrogen and oxygen atoms in total. The maximum Gasteiger partial charge on any atom is 0.272 e. The van der Waals surface area contributed by atoms with Crippen LogP contribution >= 0.6 is 0 Å². The Bertz CT molecular complexity index is 686. The summed E-state index contributed by atoms with van der Waals surface area (Å²) in [7, 11) is 1.73. The molecular formula is C19H23N3O2. The molecule has 0 aliphatic heterocycles. The summed E-state index contributed by atoms with van der Waals surface area (Å²) >= 11 is 0. The van der Waals surface area contributed by atoms with Gasteiger partial charge in [-0.15, -0.1) is 0 Å². The molecule has 0 saturated heterocycles. The van der Waals surface area contributed by atoms with Gasteiger partial charge in [-0.05, 0) is 24.1 Å². The quantitative estimate of drug-likeness (QED) is 0.796. The molecule has 2 rings (SSSR count). The number of aromatic nitrogens is 1. The Morgan fingerprint density at radius 2 is 1.92 bits per heavy atom. The van der Waals surface area contributed by atoms with E-state index < -0.39 is 0 Å². The van der Waals surface area contributed by atoms with E-state index in [0.717, 1.165) is 18.4 Å². The first-order valence-corrected chi connectivity index (χ1v) is 8.15. The van der Waals surface area contributed by atoms with Crippen LogP contribution in [0.3, 0.4) is 0 Å². The van der Waals surface area contributed by atoms with Crippen LogP contribution in [0.1, 0.15) is 46.2 Å². The van der Waals surface area contributed by atoms with Gasteiger partial charge in [0.2, 0.25) is 0 Å². The largest absolute Gasteiger partial charge is 0.352 e. The monoisotopic (exact) mass is 325 g/mol. The summed E-state index contributed by atoms with van der Waals surface area (Å²) in [6.07, 6.45) is 3.45. The number of rotatable bonds is 7. The molecule has 0 unspecified atom stereocenters. The van der Waals surface area contributed by atoms with Crippen LogP contribution in [0.15, 0.2) is 48.7 Å². The lowest BCUT2D eigenvalue weighted by atomic mass is 10.2. The number of unbranched alkanes of at least 4 members (excludes halogenated alkanes) is 1. The predicted octanol–water partition coefficient (Wildman–Crippen LogP) is 2.88. The zero-order valence-electron chi connectivity index (χ0n) is 14.2. The van der Waals surface area contributed by atoms with Crippen molar-refractivity contribution in [1.29, 1.82) is 0 Å². The molecule has 0 radical (unpaired) electrons. The number of nitrogens with one attached hydrogen (secondary N) is 1. The van der Waals surface area contributed by atoms with E-state index in [1.807, 2.05) is 30.3 Å². The lowest BCUT2D eigenvalue weighted by Crippen LogP contribution is -2.28. The fraction of sp³-hybridized carbons (Fsp3) is 0.316. The minimum Gasteiger partial charge on any atom is -0.352 e. The van der Waals surface area contributed by atoms with E-state index in [2.05, 4.69) is 17.2 Å². The van der Waals surface area contributed by atoms with Crippen LogP contribution in [0.25, 0.3) is 0 Å². The topological polar surface area (TPSA) is 62.3 Å². The highest BCUT2D eigenvalue weighted by Crippen LogP contribution is 2.08. The second-order valence-corrected chi connectivity index (χ2v) is 5.69. The van der Waals surface area contributed by atoms with Gasteiger partial charge in [0.05, 0.1) is 0 Å². The molecule has 0 spiro atoms. The van der Waals surface area contributed by atoms with Crippen molar-refractivity contribution in [2.45, 2.75) is 26.3 Å². The van der Waals surface area contributed by atoms with E-state index in [9.17, 15) is 9.59 Å². The Morgan fingerprint density at radius 3 is 2.62 bits per heavy atom. The van der Waals surface area contributed by atoms with Gasteiger partial charge in [0, 0.05) is 31.9 Å². The number of hydrogen-bond donors (Lipinski definition) is 1. The highest BCUT2D eigenvalue weighted by atomic mass is 16.2. The molecular weight excluding hydrogens is 302 g/mol. The second kappa shape index (κ2) is 8.82. The fourth-order valence-electron chi connectivity index (χ4n) is 2.29. The zero-order valence-corrected chi connectivity index (χ0v) is 14.2. The molecule has 24 heavy (non-hydrogen) atoms. The number of amides is 2. The number of carbonyl (C=O) groups excluding carboxylic acids is 2. The first kappa shape index (κ1) is 17.7. The van der Waals surface area contributed by atoms with Crippen molar-refractivity contribution in [3.8, 4) is 0 Å². The van der Waals surface area contributed by atoms with Crippen molar-refractivity contribution in [3.63, 3.8) is 0 Å². The van der Waals surface area contributed by atoms with Gasteiger partial charge in [0.1, 0.15) is 5.69 Å². The van der Waals surface area contributed by atoms with E-state index in [0.29, 0.717) is 18.7 Å². The van der Waals surface area contributed by atoms with E-state index in [1.165, 1.54) is 6.20 Å². The highest BCUT2D eigenvalue weighted by Gasteiger charge is 2.15. The van der Waals surface area contributed by atoms with Crippen molar-refractivity contribution in [3.05, 3.63) is 65.5 Å². The van der Waals surface area contributed by atoms with Gasteiger partial charge in [-0.3, -0.25) is 14.6 Å². The molecule has 0 saturated carbocycles. The Labute approximate surface area is 142 Å². The molecule has 0 aliphatic rings. The van der Waals surface area contributed by atoms with Crippen molar-refractivity contribution < 1.29 is 9.59 Å². The van der Waals surface area contributed by atoms with Crippen molar-refractivity contribution in [1.82, 2.24) is 15.2 Å². The summed E-state index contributed by atoms with van der Waals surface area (Å²) in [6.45, 7) is 3.20. The summed E-state index contributed by atoms with van der Waals surface area (Å²) in [5, 5.41) is 2.84. The third kappa shape index (κ3) is 4.91. The second-order valence-electron chi connectivity index (χ2n) is 5.69. The first-order valence-electron chi connectivity index (χ1n) is 8.15. The molecule has 5 heteroatoms. The maximum absolute atomic E-state index is 12.5. The molecule has 1 aromatic carbocycles.